The van der Waals surface area contributed by atoms with E-state index >= 15 is 0 Å². The van der Waals surface area contributed by atoms with Gasteiger partial charge in [0.05, 0.1) is 29.1 Å². The van der Waals surface area contributed by atoms with Crippen LogP contribution in [0.5, 0.6) is 0 Å². The molecular formula is C43H33Br2Cl2N11O3S. The minimum atomic E-state index is -0.864. The van der Waals surface area contributed by atoms with Gasteiger partial charge in [0.15, 0.2) is 5.78 Å². The Balaban J connectivity index is 0.000000126. The summed E-state index contributed by atoms with van der Waals surface area (Å²) in [4.78, 5) is 41.0. The third kappa shape index (κ3) is 11.0. The average Bonchev–Trinajstić information content (AvgIpc) is 4.06. The number of nitrogens with zero attached hydrogens (tertiary/aromatic N) is 7. The fraction of sp³-hybridized carbons (Fsp3) is 0.0698. The Kier molecular flexibility index (Phi) is 13.9. The van der Waals surface area contributed by atoms with E-state index in [0.717, 1.165) is 68.7 Å². The van der Waals surface area contributed by atoms with Gasteiger partial charge in [0.25, 0.3) is 0 Å². The number of carboxylic acids is 1. The van der Waals surface area contributed by atoms with Crippen molar-refractivity contribution in [3.05, 3.63) is 151 Å². The first-order valence-corrected chi connectivity index (χ1v) is 21.5. The molecule has 0 unspecified atom stereocenters. The third-order valence-corrected chi connectivity index (χ3v) is 11.5. The quantitative estimate of drug-likeness (QED) is 0.0786. The highest BCUT2D eigenvalue weighted by Crippen LogP contribution is 2.29. The molecule has 0 saturated heterocycles. The van der Waals surface area contributed by atoms with Gasteiger partial charge in [-0.3, -0.25) is 14.6 Å². The Bertz CT molecular complexity index is 3130. The molecule has 0 fully saturated rings. The monoisotopic (exact) mass is 1010 g/mol. The number of anilines is 4. The summed E-state index contributed by atoms with van der Waals surface area (Å²) in [7, 11) is 1.92. The van der Waals surface area contributed by atoms with Crippen molar-refractivity contribution in [3.8, 4) is 0 Å². The summed E-state index contributed by atoms with van der Waals surface area (Å²) in [6.45, 7) is 3.59. The van der Waals surface area contributed by atoms with E-state index in [1.165, 1.54) is 11.3 Å². The van der Waals surface area contributed by atoms with Gasteiger partial charge in [-0.25, -0.2) is 24.7 Å². The number of carbonyl (C=O) groups is 2. The molecule has 0 aliphatic carbocycles. The van der Waals surface area contributed by atoms with E-state index in [9.17, 15) is 9.59 Å². The summed E-state index contributed by atoms with van der Waals surface area (Å²) in [5.74, 6) is 0.531. The van der Waals surface area contributed by atoms with Crippen LogP contribution in [0.25, 0.3) is 42.8 Å². The lowest BCUT2D eigenvalue weighted by atomic mass is 10.1. The molecule has 62 heavy (non-hydrogen) atoms. The lowest BCUT2D eigenvalue weighted by Crippen LogP contribution is -1.96. The van der Waals surface area contributed by atoms with Gasteiger partial charge in [0.2, 0.25) is 10.6 Å². The molecule has 5 N–H and O–H groups in total. The number of aromatic carboxylic acids is 1. The van der Waals surface area contributed by atoms with Gasteiger partial charge in [0, 0.05) is 73.1 Å². The van der Waals surface area contributed by atoms with E-state index in [1.54, 1.807) is 37.5 Å². The van der Waals surface area contributed by atoms with Gasteiger partial charge >= 0.3 is 5.97 Å². The third-order valence-electron chi connectivity index (χ3n) is 9.08. The van der Waals surface area contributed by atoms with Gasteiger partial charge in [-0.2, -0.15) is 10.2 Å². The number of aryl methyl sites for hydroxylation is 2. The van der Waals surface area contributed by atoms with Crippen LogP contribution in [-0.4, -0.2) is 61.8 Å². The minimum absolute atomic E-state index is 0.0623. The number of hydrogen-bond acceptors (Lipinski definition) is 11. The Labute approximate surface area is 384 Å². The molecule has 6 heterocycles. The van der Waals surface area contributed by atoms with Crippen LogP contribution in [0, 0.1) is 6.92 Å². The molecule has 10 rings (SSSR count). The van der Waals surface area contributed by atoms with Crippen LogP contribution in [-0.2, 0) is 7.05 Å². The topological polar surface area (TPSA) is 192 Å². The van der Waals surface area contributed by atoms with Crippen molar-refractivity contribution in [2.75, 3.05) is 10.6 Å². The highest BCUT2D eigenvalue weighted by Gasteiger charge is 2.09. The van der Waals surface area contributed by atoms with Crippen molar-refractivity contribution in [1.82, 2.24) is 44.9 Å². The normalized spacial score (nSPS) is 10.7. The summed E-state index contributed by atoms with van der Waals surface area (Å²) in [6, 6.07) is 28.7. The van der Waals surface area contributed by atoms with Crippen LogP contribution in [0.4, 0.5) is 23.0 Å². The second kappa shape index (κ2) is 19.6. The van der Waals surface area contributed by atoms with E-state index in [1.807, 2.05) is 104 Å². The number of fused-ring (bicyclic) bond motifs is 4. The zero-order valence-electron chi connectivity index (χ0n) is 32.8. The molecule has 0 aliphatic rings. The molecule has 4 aromatic carbocycles. The molecule has 0 spiro atoms. The lowest BCUT2D eigenvalue weighted by Gasteiger charge is -2.09. The number of aromatic amines is 2. The van der Waals surface area contributed by atoms with Crippen LogP contribution in [0.15, 0.2) is 125 Å². The SMILES string of the molecule is CC(=O)c1cc2ccc(Br)cc2[nH]1.Cc1c(Nc2ccnc(Cl)n2)ccc2[nH]ncc12.Cn1ncc2cc(Nc3ccnc(Cl)n3)ccc21.O=C(O)c1cc2ccc(Br)cc2s1. The number of halogens is 4. The van der Waals surface area contributed by atoms with Crippen molar-refractivity contribution in [3.63, 3.8) is 0 Å². The molecule has 0 amide bonds. The van der Waals surface area contributed by atoms with Gasteiger partial charge in [-0.15, -0.1) is 11.3 Å². The van der Waals surface area contributed by atoms with Crippen LogP contribution in [0.1, 0.15) is 32.6 Å². The Hall–Kier alpha value is -6.24. The molecule has 10 aromatic rings. The average molecular weight is 1010 g/mol. The van der Waals surface area contributed by atoms with Crippen molar-refractivity contribution in [1.29, 1.82) is 0 Å². The molecule has 0 bridgehead atoms. The van der Waals surface area contributed by atoms with E-state index < -0.39 is 5.97 Å². The van der Waals surface area contributed by atoms with Gasteiger partial charge in [-0.1, -0.05) is 44.0 Å². The van der Waals surface area contributed by atoms with Gasteiger partial charge in [0.1, 0.15) is 16.5 Å². The Morgan fingerprint density at radius 3 is 2.16 bits per heavy atom. The van der Waals surface area contributed by atoms with Crippen LogP contribution in [0.2, 0.25) is 10.6 Å². The summed E-state index contributed by atoms with van der Waals surface area (Å²) < 4.78 is 4.81. The highest BCUT2D eigenvalue weighted by molar-refractivity contribution is 9.10. The van der Waals surface area contributed by atoms with Crippen LogP contribution >= 0.6 is 66.4 Å². The summed E-state index contributed by atoms with van der Waals surface area (Å²) in [6.07, 6.45) is 6.86. The zero-order valence-corrected chi connectivity index (χ0v) is 38.3. The molecule has 0 atom stereocenters. The molecule has 0 saturated carbocycles. The number of rotatable bonds is 6. The van der Waals surface area contributed by atoms with E-state index in [2.05, 4.69) is 82.7 Å². The smallest absolute Gasteiger partial charge is 0.345 e. The predicted octanol–water partition coefficient (Wildman–Crippen LogP) is 12.3. The first kappa shape index (κ1) is 43.8. The maximum absolute atomic E-state index is 11.1. The number of ketones is 1. The van der Waals surface area contributed by atoms with E-state index in [0.29, 0.717) is 22.2 Å². The number of aromatic nitrogens is 9. The predicted molar refractivity (Wildman–Crippen MR) is 255 cm³/mol. The van der Waals surface area contributed by atoms with Gasteiger partial charge in [-0.05, 0) is 120 Å². The lowest BCUT2D eigenvalue weighted by molar-refractivity contribution is 0.0702. The zero-order chi connectivity index (χ0) is 43.9. The fourth-order valence-electron chi connectivity index (χ4n) is 6.03. The van der Waals surface area contributed by atoms with E-state index in [-0.39, 0.29) is 16.4 Å². The molecule has 14 nitrogen and oxygen atoms in total. The number of thiophene rings is 1. The van der Waals surface area contributed by atoms with Crippen molar-refractivity contribution >= 4 is 144 Å². The van der Waals surface area contributed by atoms with Crippen molar-refractivity contribution in [2.24, 2.45) is 7.05 Å². The first-order valence-electron chi connectivity index (χ1n) is 18.4. The van der Waals surface area contributed by atoms with Gasteiger partial charge < -0.3 is 20.7 Å². The Morgan fingerprint density at radius 2 is 1.47 bits per heavy atom. The maximum Gasteiger partial charge on any atom is 0.345 e. The molecular weight excluding hydrogens is 981 g/mol. The van der Waals surface area contributed by atoms with Crippen LogP contribution in [0.3, 0.4) is 0 Å². The summed E-state index contributed by atoms with van der Waals surface area (Å²) in [5, 5.41) is 31.0. The van der Waals surface area contributed by atoms with Crippen molar-refractivity contribution < 1.29 is 14.7 Å². The van der Waals surface area contributed by atoms with Crippen molar-refractivity contribution in [2.45, 2.75) is 13.8 Å². The number of benzene rings is 4. The second-order valence-corrected chi connectivity index (χ2v) is 16.9. The maximum atomic E-state index is 11.1. The summed E-state index contributed by atoms with van der Waals surface area (Å²) in [5.41, 5.74) is 6.76. The second-order valence-electron chi connectivity index (χ2n) is 13.4. The number of carbonyl (C=O) groups excluding carboxylic acids is 1. The van der Waals surface area contributed by atoms with Crippen LogP contribution < -0.4 is 10.6 Å². The standard InChI is InChI=1S/2C12H10ClN5.C10H8BrNO.C9H5BrO2S/c1-18-10-3-2-9(6-8(10)7-15-18)16-11-4-5-14-12(13)17-11;1-7-8-6-15-18-10(8)3-2-9(7)16-11-4-5-14-12(13)17-11;1-6(13)9-4-7-2-3-8(11)5-10(7)12-9;10-6-2-1-5-3-8(9(11)12)13-7(5)4-6/h2-7H,1H3,(H,14,16,17);2-6H,1H3,(H,15,18)(H,14,16,17);2-5,12H,1H3;1-4H,(H,11,12). The largest absolute Gasteiger partial charge is 0.477 e. The number of nitrogens with one attached hydrogen (secondary N) is 4. The fourth-order valence-corrected chi connectivity index (χ4v) is 8.14. The molecule has 312 valence electrons. The number of Topliss-reactive ketones (excluding diaryl/α,β-unsaturated/α-hetero) is 1. The van der Waals surface area contributed by atoms with E-state index in [4.69, 9.17) is 28.3 Å². The summed E-state index contributed by atoms with van der Waals surface area (Å²) >= 11 is 19.5. The molecule has 6 aromatic heterocycles. The Morgan fingerprint density at radius 1 is 0.774 bits per heavy atom. The molecule has 0 radical (unpaired) electrons. The first-order chi connectivity index (χ1) is 29.8. The number of hydrogen-bond donors (Lipinski definition) is 5. The highest BCUT2D eigenvalue weighted by atomic mass is 79.9. The molecule has 0 aliphatic heterocycles. The molecule has 19 heteroatoms. The minimum Gasteiger partial charge on any atom is -0.477 e. The number of carboxylic acid groups (broad SMARTS) is 1. The number of H-pyrrole nitrogens is 2.